The minimum atomic E-state index is -3.77. The lowest BCUT2D eigenvalue weighted by atomic mass is 9.78. The molecule has 1 aliphatic heterocycles. The van der Waals surface area contributed by atoms with Crippen molar-refractivity contribution in [3.63, 3.8) is 0 Å². The summed E-state index contributed by atoms with van der Waals surface area (Å²) in [6.07, 6.45) is 0. The number of carbonyl (C=O) groups is 1. The molecule has 0 fully saturated rings. The van der Waals surface area contributed by atoms with Crippen LogP contribution in [-0.2, 0) is 15.3 Å². The molecule has 0 aliphatic carbocycles. The van der Waals surface area contributed by atoms with E-state index in [-0.39, 0.29) is 37.9 Å². The first-order chi connectivity index (χ1) is 16.2. The van der Waals surface area contributed by atoms with Crippen LogP contribution in [0.1, 0.15) is 40.9 Å². The molecular formula is C28H22O5S. The Labute approximate surface area is 198 Å². The van der Waals surface area contributed by atoms with E-state index < -0.39 is 9.84 Å². The molecule has 4 aromatic carbocycles. The fraction of sp³-hybridized carbons (Fsp3) is 0.107. The molecule has 0 saturated carbocycles. The van der Waals surface area contributed by atoms with Gasteiger partial charge in [-0.3, -0.25) is 4.79 Å². The quantitative estimate of drug-likeness (QED) is 0.354. The fourth-order valence-corrected chi connectivity index (χ4v) is 5.89. The first kappa shape index (κ1) is 21.9. The predicted octanol–water partition coefficient (Wildman–Crippen LogP) is 5.89. The van der Waals surface area contributed by atoms with Gasteiger partial charge in [-0.2, -0.15) is 0 Å². The Morgan fingerprint density at radius 2 is 1.26 bits per heavy atom. The van der Waals surface area contributed by atoms with Crippen molar-refractivity contribution in [3.05, 3.63) is 113 Å². The number of carbonyl (C=O) groups excluding carboxylic acids is 1. The van der Waals surface area contributed by atoms with E-state index in [1.807, 2.05) is 36.4 Å². The van der Waals surface area contributed by atoms with Gasteiger partial charge in [0.1, 0.15) is 17.2 Å². The first-order valence-electron chi connectivity index (χ1n) is 10.8. The highest BCUT2D eigenvalue weighted by molar-refractivity contribution is 7.91. The topological polar surface area (TPSA) is 80.7 Å². The maximum Gasteiger partial charge on any atom is 0.208 e. The minimum absolute atomic E-state index is 0.00505. The highest BCUT2D eigenvalue weighted by Crippen LogP contribution is 2.38. The summed E-state index contributed by atoms with van der Waals surface area (Å²) in [5, 5.41) is 9.57. The van der Waals surface area contributed by atoms with Crippen molar-refractivity contribution in [2.24, 2.45) is 0 Å². The van der Waals surface area contributed by atoms with E-state index in [1.54, 1.807) is 30.3 Å². The zero-order valence-electron chi connectivity index (χ0n) is 18.6. The van der Waals surface area contributed by atoms with Crippen molar-refractivity contribution in [2.45, 2.75) is 29.1 Å². The molecule has 1 aliphatic rings. The van der Waals surface area contributed by atoms with Crippen molar-refractivity contribution in [1.29, 1.82) is 0 Å². The fourth-order valence-electron chi connectivity index (χ4n) is 4.26. The summed E-state index contributed by atoms with van der Waals surface area (Å²) in [6, 6.07) is 25.5. The van der Waals surface area contributed by atoms with E-state index >= 15 is 0 Å². The molecule has 0 radical (unpaired) electrons. The number of rotatable bonds is 4. The lowest BCUT2D eigenvalue weighted by molar-refractivity contribution is 0.103. The van der Waals surface area contributed by atoms with Crippen LogP contribution in [0.25, 0.3) is 0 Å². The molecular weight excluding hydrogens is 448 g/mol. The van der Waals surface area contributed by atoms with Gasteiger partial charge in [0.15, 0.2) is 5.78 Å². The molecule has 5 nitrogen and oxygen atoms in total. The van der Waals surface area contributed by atoms with Gasteiger partial charge in [0, 0.05) is 16.5 Å². The van der Waals surface area contributed by atoms with Crippen molar-refractivity contribution in [2.75, 3.05) is 0 Å². The number of sulfone groups is 1. The highest BCUT2D eigenvalue weighted by atomic mass is 32.2. The molecule has 6 heteroatoms. The zero-order valence-corrected chi connectivity index (χ0v) is 19.5. The summed E-state index contributed by atoms with van der Waals surface area (Å²) in [4.78, 5) is 13.0. The summed E-state index contributed by atoms with van der Waals surface area (Å²) >= 11 is 0. The Hall–Kier alpha value is -3.90. The zero-order chi connectivity index (χ0) is 24.1. The number of fused-ring (bicyclic) bond motifs is 2. The first-order valence-corrected chi connectivity index (χ1v) is 12.3. The van der Waals surface area contributed by atoms with E-state index in [9.17, 15) is 18.3 Å². The largest absolute Gasteiger partial charge is 0.508 e. The second kappa shape index (κ2) is 7.85. The Morgan fingerprint density at radius 3 is 1.94 bits per heavy atom. The van der Waals surface area contributed by atoms with Crippen LogP contribution in [0, 0.1) is 0 Å². The average molecular weight is 471 g/mol. The Balaban J connectivity index is 1.43. The molecule has 1 N–H and O–H groups in total. The van der Waals surface area contributed by atoms with E-state index in [4.69, 9.17) is 4.74 Å². The maximum absolute atomic E-state index is 13.0. The molecule has 0 aromatic heterocycles. The van der Waals surface area contributed by atoms with Crippen LogP contribution in [0.15, 0.2) is 101 Å². The van der Waals surface area contributed by atoms with Gasteiger partial charge in [0.2, 0.25) is 9.84 Å². The van der Waals surface area contributed by atoms with E-state index in [2.05, 4.69) is 13.8 Å². The Kier molecular flexibility index (Phi) is 5.06. The lowest BCUT2D eigenvalue weighted by Crippen LogP contribution is -2.20. The number of phenols is 1. The molecule has 0 amide bonds. The number of hydrogen-bond donors (Lipinski definition) is 1. The van der Waals surface area contributed by atoms with Crippen LogP contribution in [0.2, 0.25) is 0 Å². The van der Waals surface area contributed by atoms with Gasteiger partial charge in [-0.05, 0) is 65.7 Å². The molecule has 0 spiro atoms. The number of phenolic OH excluding ortho intramolecular Hbond substituents is 1. The third kappa shape index (κ3) is 3.56. The molecule has 170 valence electrons. The SMILES string of the molecule is CC(C)(c1ccc(O)cc1)c1ccc(Oc2ccc3c(c2)C(=O)c2ccccc2S3(=O)=O)cc1. The van der Waals surface area contributed by atoms with Crippen LogP contribution >= 0.6 is 0 Å². The molecule has 0 saturated heterocycles. The second-order valence-corrected chi connectivity index (χ2v) is 10.7. The summed E-state index contributed by atoms with van der Waals surface area (Å²) in [5.74, 6) is 0.837. The van der Waals surface area contributed by atoms with Crippen LogP contribution in [0.5, 0.6) is 17.2 Å². The second-order valence-electron chi connectivity index (χ2n) is 8.78. The maximum atomic E-state index is 13.0. The molecule has 0 atom stereocenters. The van der Waals surface area contributed by atoms with Crippen molar-refractivity contribution in [1.82, 2.24) is 0 Å². The molecule has 1 heterocycles. The van der Waals surface area contributed by atoms with Crippen molar-refractivity contribution >= 4 is 15.6 Å². The molecule has 0 bridgehead atoms. The summed E-state index contributed by atoms with van der Waals surface area (Å²) in [6.45, 7) is 4.20. The molecule has 4 aromatic rings. The van der Waals surface area contributed by atoms with Crippen LogP contribution in [0.4, 0.5) is 0 Å². The predicted molar refractivity (Wildman–Crippen MR) is 129 cm³/mol. The van der Waals surface area contributed by atoms with Crippen LogP contribution < -0.4 is 4.74 Å². The van der Waals surface area contributed by atoms with Gasteiger partial charge < -0.3 is 9.84 Å². The van der Waals surface area contributed by atoms with Crippen molar-refractivity contribution < 1.29 is 23.1 Å². The van der Waals surface area contributed by atoms with Gasteiger partial charge in [0.25, 0.3) is 0 Å². The van der Waals surface area contributed by atoms with Gasteiger partial charge in [-0.25, -0.2) is 8.42 Å². The van der Waals surface area contributed by atoms with E-state index in [1.165, 1.54) is 24.3 Å². The monoisotopic (exact) mass is 470 g/mol. The summed E-state index contributed by atoms with van der Waals surface area (Å²) < 4.78 is 31.9. The lowest BCUT2D eigenvalue weighted by Gasteiger charge is -2.26. The van der Waals surface area contributed by atoms with Gasteiger partial charge in [-0.15, -0.1) is 0 Å². The standard InChI is InChI=1S/C28H22O5S/c1-28(2,18-7-11-20(29)12-8-18)19-9-13-21(14-10-19)33-22-15-16-26-24(17-22)27(30)23-5-3-4-6-25(23)34(26,31)32/h3-17,29H,1-2H3. The molecule has 5 rings (SSSR count). The van der Waals surface area contributed by atoms with E-state index in [0.717, 1.165) is 11.1 Å². The van der Waals surface area contributed by atoms with Crippen LogP contribution in [-0.4, -0.2) is 19.3 Å². The smallest absolute Gasteiger partial charge is 0.208 e. The molecule has 0 unspecified atom stereocenters. The number of hydrogen-bond acceptors (Lipinski definition) is 5. The number of ether oxygens (including phenoxy) is 1. The Bertz CT molecular complexity index is 1520. The third-order valence-corrected chi connectivity index (χ3v) is 8.18. The van der Waals surface area contributed by atoms with Crippen LogP contribution in [0.3, 0.4) is 0 Å². The number of ketones is 1. The van der Waals surface area contributed by atoms with Crippen molar-refractivity contribution in [3.8, 4) is 17.2 Å². The number of aromatic hydroxyl groups is 1. The summed E-state index contributed by atoms with van der Waals surface area (Å²) in [7, 11) is -3.77. The minimum Gasteiger partial charge on any atom is -0.508 e. The normalized spacial score (nSPS) is 14.2. The van der Waals surface area contributed by atoms with Gasteiger partial charge >= 0.3 is 0 Å². The van der Waals surface area contributed by atoms with E-state index in [0.29, 0.717) is 11.5 Å². The Morgan fingerprint density at radius 1 is 0.706 bits per heavy atom. The molecule has 34 heavy (non-hydrogen) atoms. The summed E-state index contributed by atoms with van der Waals surface area (Å²) in [5.41, 5.74) is 2.13. The highest BCUT2D eigenvalue weighted by Gasteiger charge is 2.34. The average Bonchev–Trinajstić information content (AvgIpc) is 2.83. The number of benzene rings is 4. The van der Waals surface area contributed by atoms with Gasteiger partial charge in [0.05, 0.1) is 9.79 Å². The van der Waals surface area contributed by atoms with Gasteiger partial charge in [-0.1, -0.05) is 50.2 Å². The third-order valence-electron chi connectivity index (χ3n) is 6.31.